The van der Waals surface area contributed by atoms with Crippen molar-refractivity contribution in [1.82, 2.24) is 8.87 Å². The second-order valence-electron chi connectivity index (χ2n) is 5.47. The zero-order valence-corrected chi connectivity index (χ0v) is 12.9. The third kappa shape index (κ3) is 3.10. The zero-order chi connectivity index (χ0) is 15.7. The Kier molecular flexibility index (Phi) is 4.45. The van der Waals surface area contributed by atoms with Crippen LogP contribution in [0.1, 0.15) is 31.3 Å². The number of carboxylic acids is 1. The predicted molar refractivity (Wildman–Crippen MR) is 76.2 cm³/mol. The van der Waals surface area contributed by atoms with E-state index in [0.717, 1.165) is 0 Å². The Labute approximate surface area is 119 Å². The van der Waals surface area contributed by atoms with Crippen LogP contribution < -0.4 is 0 Å². The molecule has 20 heavy (non-hydrogen) atoms. The van der Waals surface area contributed by atoms with E-state index >= 15 is 0 Å². The van der Waals surface area contributed by atoms with Crippen molar-refractivity contribution in [2.24, 2.45) is 7.05 Å². The summed E-state index contributed by atoms with van der Waals surface area (Å²) in [4.78, 5) is 11.0. The van der Waals surface area contributed by atoms with Crippen LogP contribution in [0.25, 0.3) is 0 Å². The van der Waals surface area contributed by atoms with Gasteiger partial charge >= 0.3 is 5.97 Å². The Hall–Kier alpha value is -1.60. The summed E-state index contributed by atoms with van der Waals surface area (Å²) in [7, 11) is -2.28. The van der Waals surface area contributed by atoms with Gasteiger partial charge in [0.15, 0.2) is 0 Å². The first-order chi connectivity index (χ1) is 9.01. The van der Waals surface area contributed by atoms with Gasteiger partial charge in [0.05, 0.1) is 0 Å². The number of carboxylic acid groups (broad SMARTS) is 1. The molecular formula is C13H20N2O4S. The molecule has 6 nitrogen and oxygen atoms in total. The van der Waals surface area contributed by atoms with Gasteiger partial charge in [-0.3, -0.25) is 0 Å². The summed E-state index contributed by atoms with van der Waals surface area (Å²) in [6.45, 7) is 9.04. The number of aryl methyl sites for hydroxylation is 1. The van der Waals surface area contributed by atoms with Crippen LogP contribution in [0.2, 0.25) is 0 Å². The van der Waals surface area contributed by atoms with E-state index in [2.05, 4.69) is 6.58 Å². The molecule has 0 saturated heterocycles. The maximum atomic E-state index is 12.6. The molecule has 0 radical (unpaired) electrons. The van der Waals surface area contributed by atoms with E-state index in [4.69, 9.17) is 5.11 Å². The molecule has 1 N–H and O–H groups in total. The van der Waals surface area contributed by atoms with Crippen molar-refractivity contribution in [2.75, 3.05) is 6.54 Å². The molecule has 1 aromatic rings. The number of hydrogen-bond acceptors (Lipinski definition) is 3. The molecule has 0 atom stereocenters. The van der Waals surface area contributed by atoms with Gasteiger partial charge in [-0.1, -0.05) is 6.08 Å². The van der Waals surface area contributed by atoms with Crippen molar-refractivity contribution in [3.63, 3.8) is 0 Å². The van der Waals surface area contributed by atoms with Crippen molar-refractivity contribution in [2.45, 2.75) is 31.2 Å². The minimum absolute atomic E-state index is 0.0332. The second-order valence-corrected chi connectivity index (χ2v) is 7.34. The van der Waals surface area contributed by atoms with Gasteiger partial charge in [-0.2, -0.15) is 4.31 Å². The first-order valence-corrected chi connectivity index (χ1v) is 7.49. The molecule has 0 bridgehead atoms. The highest BCUT2D eigenvalue weighted by atomic mass is 32.2. The van der Waals surface area contributed by atoms with Gasteiger partial charge in [0, 0.05) is 25.3 Å². The maximum Gasteiger partial charge on any atom is 0.352 e. The molecule has 0 saturated carbocycles. The summed E-state index contributed by atoms with van der Waals surface area (Å²) in [5, 5.41) is 9.00. The number of nitrogens with zero attached hydrogens (tertiary/aromatic N) is 2. The Morgan fingerprint density at radius 3 is 2.40 bits per heavy atom. The average Bonchev–Trinajstić information content (AvgIpc) is 2.67. The Morgan fingerprint density at radius 1 is 1.50 bits per heavy atom. The molecule has 112 valence electrons. The van der Waals surface area contributed by atoms with Crippen molar-refractivity contribution in [1.29, 1.82) is 0 Å². The summed E-state index contributed by atoms with van der Waals surface area (Å²) >= 11 is 0. The van der Waals surface area contributed by atoms with E-state index in [9.17, 15) is 13.2 Å². The fourth-order valence-electron chi connectivity index (χ4n) is 1.86. The molecule has 0 aliphatic heterocycles. The lowest BCUT2D eigenvalue weighted by molar-refractivity contribution is 0.0686. The van der Waals surface area contributed by atoms with E-state index in [1.807, 2.05) is 0 Å². The molecule has 0 amide bonds. The van der Waals surface area contributed by atoms with Gasteiger partial charge in [-0.15, -0.1) is 6.58 Å². The lowest BCUT2D eigenvalue weighted by Crippen LogP contribution is -2.45. The number of rotatable bonds is 5. The fraction of sp³-hybridized carbons (Fsp3) is 0.462. The molecule has 0 aliphatic rings. The Bertz CT molecular complexity index is 623. The summed E-state index contributed by atoms with van der Waals surface area (Å²) in [6, 6.07) is 1.17. The number of sulfonamides is 1. The van der Waals surface area contributed by atoms with Gasteiger partial charge in [0.25, 0.3) is 0 Å². The lowest BCUT2D eigenvalue weighted by Gasteiger charge is -2.33. The summed E-state index contributed by atoms with van der Waals surface area (Å²) in [6.07, 6.45) is 2.81. The van der Waals surface area contributed by atoms with Crippen LogP contribution in [0.15, 0.2) is 29.8 Å². The van der Waals surface area contributed by atoms with Crippen LogP contribution in [0.3, 0.4) is 0 Å². The minimum Gasteiger partial charge on any atom is -0.477 e. The third-order valence-electron chi connectivity index (χ3n) is 2.83. The average molecular weight is 300 g/mol. The SMILES string of the molecule is C=CCN(C(C)(C)C)S(=O)(=O)c1cc(C(=O)O)n(C)c1. The van der Waals surface area contributed by atoms with Gasteiger partial charge in [0.1, 0.15) is 10.6 Å². The van der Waals surface area contributed by atoms with Gasteiger partial charge in [-0.25, -0.2) is 13.2 Å². The smallest absolute Gasteiger partial charge is 0.352 e. The molecule has 1 aromatic heterocycles. The minimum atomic E-state index is -3.78. The molecule has 1 rings (SSSR count). The van der Waals surface area contributed by atoms with Crippen molar-refractivity contribution < 1.29 is 18.3 Å². The zero-order valence-electron chi connectivity index (χ0n) is 12.1. The standard InChI is InChI=1S/C13H20N2O4S/c1-6-7-15(13(2,3)4)20(18,19)10-8-11(12(16)17)14(5)9-10/h6,8-9H,1,7H2,2-5H3,(H,16,17). The van der Waals surface area contributed by atoms with Crippen molar-refractivity contribution in [3.8, 4) is 0 Å². The molecule has 0 fully saturated rings. The normalized spacial score (nSPS) is 12.7. The number of hydrogen-bond donors (Lipinski definition) is 1. The van der Waals surface area contributed by atoms with E-state index in [0.29, 0.717) is 0 Å². The molecular weight excluding hydrogens is 280 g/mol. The van der Waals surface area contributed by atoms with Crippen LogP contribution in [0, 0.1) is 0 Å². The maximum absolute atomic E-state index is 12.6. The molecule has 7 heteroatoms. The van der Waals surface area contributed by atoms with Crippen LogP contribution in [0.4, 0.5) is 0 Å². The molecule has 0 aliphatic carbocycles. The fourth-order valence-corrected chi connectivity index (χ4v) is 3.69. The van der Waals surface area contributed by atoms with E-state index in [-0.39, 0.29) is 17.1 Å². The second kappa shape index (κ2) is 5.41. The van der Waals surface area contributed by atoms with Crippen LogP contribution in [-0.2, 0) is 17.1 Å². The van der Waals surface area contributed by atoms with Crippen LogP contribution in [0.5, 0.6) is 0 Å². The lowest BCUT2D eigenvalue weighted by atomic mass is 10.1. The van der Waals surface area contributed by atoms with E-state index in [1.54, 1.807) is 20.8 Å². The van der Waals surface area contributed by atoms with Crippen molar-refractivity contribution >= 4 is 16.0 Å². The molecule has 0 aromatic carbocycles. The van der Waals surface area contributed by atoms with Gasteiger partial charge in [-0.05, 0) is 26.8 Å². The number of aromatic carboxylic acids is 1. The quantitative estimate of drug-likeness (QED) is 0.839. The number of aromatic nitrogens is 1. The van der Waals surface area contributed by atoms with Crippen LogP contribution >= 0.6 is 0 Å². The summed E-state index contributed by atoms with van der Waals surface area (Å²) in [5.74, 6) is -1.17. The monoisotopic (exact) mass is 300 g/mol. The highest BCUT2D eigenvalue weighted by molar-refractivity contribution is 7.89. The topological polar surface area (TPSA) is 79.6 Å². The summed E-state index contributed by atoms with van der Waals surface area (Å²) in [5.41, 5.74) is -0.706. The highest BCUT2D eigenvalue weighted by Gasteiger charge is 2.34. The molecule has 0 unspecified atom stereocenters. The number of carbonyl (C=O) groups is 1. The predicted octanol–water partition coefficient (Wildman–Crippen LogP) is 1.70. The first kappa shape index (κ1) is 16.5. The van der Waals surface area contributed by atoms with E-state index < -0.39 is 21.5 Å². The van der Waals surface area contributed by atoms with Gasteiger partial charge in [0.2, 0.25) is 10.0 Å². The Morgan fingerprint density at radius 2 is 2.05 bits per heavy atom. The van der Waals surface area contributed by atoms with Crippen LogP contribution in [-0.4, -0.2) is 40.4 Å². The van der Waals surface area contributed by atoms with Gasteiger partial charge < -0.3 is 9.67 Å². The van der Waals surface area contributed by atoms with E-state index in [1.165, 1.54) is 34.3 Å². The summed E-state index contributed by atoms with van der Waals surface area (Å²) < 4.78 is 27.8. The largest absolute Gasteiger partial charge is 0.477 e. The third-order valence-corrected chi connectivity index (χ3v) is 4.93. The Balaban J connectivity index is 3.37. The molecule has 1 heterocycles. The first-order valence-electron chi connectivity index (χ1n) is 6.05. The molecule has 0 spiro atoms. The van der Waals surface area contributed by atoms with Crippen molar-refractivity contribution in [3.05, 3.63) is 30.6 Å². The highest BCUT2D eigenvalue weighted by Crippen LogP contribution is 2.25.